The summed E-state index contributed by atoms with van der Waals surface area (Å²) in [4.78, 5) is 39.2. The number of carbonyl (C=O) groups is 1. The highest BCUT2D eigenvalue weighted by Gasteiger charge is 2.27. The molecule has 1 aliphatic heterocycles. The van der Waals surface area contributed by atoms with Gasteiger partial charge in [-0.2, -0.15) is 0 Å². The number of benzene rings is 1. The Morgan fingerprint density at radius 1 is 1.20 bits per heavy atom. The number of carbonyl (C=O) groups excluding carboxylic acids is 1. The van der Waals surface area contributed by atoms with Crippen molar-refractivity contribution in [2.75, 3.05) is 17.2 Å². The predicted molar refractivity (Wildman–Crippen MR) is 97.2 cm³/mol. The van der Waals surface area contributed by atoms with E-state index in [1.165, 1.54) is 19.7 Å². The molecule has 0 saturated heterocycles. The van der Waals surface area contributed by atoms with Gasteiger partial charge in [0.25, 0.3) is 5.56 Å². The summed E-state index contributed by atoms with van der Waals surface area (Å²) in [5, 5.41) is 0. The topological polar surface area (TPSA) is 90.3 Å². The fourth-order valence-electron chi connectivity index (χ4n) is 3.36. The van der Waals surface area contributed by atoms with Crippen LogP contribution in [0.1, 0.15) is 29.3 Å². The molecule has 0 fully saturated rings. The van der Waals surface area contributed by atoms with Crippen molar-refractivity contribution in [3.8, 4) is 0 Å². The molecule has 25 heavy (non-hydrogen) atoms. The fourth-order valence-corrected chi connectivity index (χ4v) is 3.36. The van der Waals surface area contributed by atoms with Gasteiger partial charge in [0.15, 0.2) is 5.78 Å². The number of para-hydroxylation sites is 1. The van der Waals surface area contributed by atoms with Crippen molar-refractivity contribution in [3.63, 3.8) is 0 Å². The van der Waals surface area contributed by atoms with Crippen molar-refractivity contribution >= 4 is 17.3 Å². The lowest BCUT2D eigenvalue weighted by Gasteiger charge is -2.36. The molecule has 2 aromatic rings. The SMILES string of the molecule is C[C@H]1CCc2ccccc2N1CC(=O)c1c(N)n(C)c(=O)n(C)c1=O. The number of aromatic nitrogens is 2. The van der Waals surface area contributed by atoms with Crippen molar-refractivity contribution in [3.05, 3.63) is 56.2 Å². The first-order valence-corrected chi connectivity index (χ1v) is 8.26. The number of nitrogens with zero attached hydrogens (tertiary/aromatic N) is 3. The van der Waals surface area contributed by atoms with Gasteiger partial charge in [0.2, 0.25) is 0 Å². The monoisotopic (exact) mass is 342 g/mol. The number of nitrogens with two attached hydrogens (primary N) is 1. The number of fused-ring (bicyclic) bond motifs is 1. The van der Waals surface area contributed by atoms with Gasteiger partial charge in [-0.05, 0) is 31.4 Å². The number of ketones is 1. The summed E-state index contributed by atoms with van der Waals surface area (Å²) in [6.45, 7) is 2.11. The van der Waals surface area contributed by atoms with E-state index in [4.69, 9.17) is 5.73 Å². The molecular formula is C18H22N4O3. The Hall–Kier alpha value is -2.83. The van der Waals surface area contributed by atoms with Gasteiger partial charge in [0, 0.05) is 25.8 Å². The Morgan fingerprint density at radius 2 is 1.88 bits per heavy atom. The molecule has 0 saturated carbocycles. The van der Waals surface area contributed by atoms with Gasteiger partial charge >= 0.3 is 5.69 Å². The molecule has 0 amide bonds. The van der Waals surface area contributed by atoms with Gasteiger partial charge in [-0.15, -0.1) is 0 Å². The van der Waals surface area contributed by atoms with Crippen molar-refractivity contribution in [1.29, 1.82) is 0 Å². The Kier molecular flexibility index (Phi) is 4.24. The molecule has 7 nitrogen and oxygen atoms in total. The summed E-state index contributed by atoms with van der Waals surface area (Å²) in [5.41, 5.74) is 6.78. The van der Waals surface area contributed by atoms with Crippen LogP contribution in [0, 0.1) is 0 Å². The number of hydrogen-bond donors (Lipinski definition) is 1. The van der Waals surface area contributed by atoms with Crippen LogP contribution in [-0.4, -0.2) is 27.5 Å². The zero-order valence-corrected chi connectivity index (χ0v) is 14.7. The van der Waals surface area contributed by atoms with Crippen LogP contribution in [0.5, 0.6) is 0 Å². The molecule has 0 spiro atoms. The van der Waals surface area contributed by atoms with E-state index < -0.39 is 11.2 Å². The first kappa shape index (κ1) is 17.0. The van der Waals surface area contributed by atoms with E-state index in [1.54, 1.807) is 0 Å². The molecule has 2 N–H and O–H groups in total. The minimum Gasteiger partial charge on any atom is -0.384 e. The normalized spacial score (nSPS) is 16.6. The Labute approximate surface area is 145 Å². The molecule has 132 valence electrons. The van der Waals surface area contributed by atoms with Crippen molar-refractivity contribution in [1.82, 2.24) is 9.13 Å². The van der Waals surface area contributed by atoms with Crippen LogP contribution in [0.3, 0.4) is 0 Å². The van der Waals surface area contributed by atoms with Crippen molar-refractivity contribution in [2.45, 2.75) is 25.8 Å². The molecule has 0 aliphatic carbocycles. The number of rotatable bonds is 3. The van der Waals surface area contributed by atoms with Crippen LogP contribution < -0.4 is 21.9 Å². The van der Waals surface area contributed by atoms with Crippen LogP contribution in [0.25, 0.3) is 0 Å². The van der Waals surface area contributed by atoms with E-state index in [9.17, 15) is 14.4 Å². The highest BCUT2D eigenvalue weighted by molar-refractivity contribution is 6.02. The third-order valence-electron chi connectivity index (χ3n) is 4.97. The Bertz CT molecular complexity index is 958. The number of anilines is 2. The minimum atomic E-state index is -0.649. The third kappa shape index (κ3) is 2.75. The zero-order valence-electron chi connectivity index (χ0n) is 14.7. The van der Waals surface area contributed by atoms with Gasteiger partial charge in [-0.3, -0.25) is 18.7 Å². The average Bonchev–Trinajstić information content (AvgIpc) is 2.61. The average molecular weight is 342 g/mol. The van der Waals surface area contributed by atoms with Gasteiger partial charge in [0.1, 0.15) is 11.4 Å². The molecule has 0 bridgehead atoms. The lowest BCUT2D eigenvalue weighted by molar-refractivity contribution is 0.0994. The van der Waals surface area contributed by atoms with E-state index in [0.717, 1.165) is 27.7 Å². The first-order chi connectivity index (χ1) is 11.8. The summed E-state index contributed by atoms with van der Waals surface area (Å²) in [5.74, 6) is -0.465. The lowest BCUT2D eigenvalue weighted by atomic mass is 9.96. The van der Waals surface area contributed by atoms with Gasteiger partial charge in [0.05, 0.1) is 6.54 Å². The maximum atomic E-state index is 12.9. The maximum absolute atomic E-state index is 12.9. The predicted octanol–water partition coefficient (Wildman–Crippen LogP) is 0.690. The smallest absolute Gasteiger partial charge is 0.332 e. The van der Waals surface area contributed by atoms with E-state index >= 15 is 0 Å². The van der Waals surface area contributed by atoms with Crippen LogP contribution in [0.4, 0.5) is 11.5 Å². The number of hydrogen-bond acceptors (Lipinski definition) is 5. The minimum absolute atomic E-state index is 0.0514. The molecule has 0 unspecified atom stereocenters. The number of aryl methyl sites for hydroxylation is 1. The third-order valence-corrected chi connectivity index (χ3v) is 4.97. The van der Waals surface area contributed by atoms with Crippen LogP contribution in [-0.2, 0) is 20.5 Å². The molecule has 7 heteroatoms. The van der Waals surface area contributed by atoms with Crippen molar-refractivity contribution in [2.24, 2.45) is 14.1 Å². The summed E-state index contributed by atoms with van der Waals surface area (Å²) >= 11 is 0. The summed E-state index contributed by atoms with van der Waals surface area (Å²) < 4.78 is 2.04. The van der Waals surface area contributed by atoms with Crippen LogP contribution in [0.15, 0.2) is 33.9 Å². The van der Waals surface area contributed by atoms with Crippen LogP contribution in [0.2, 0.25) is 0 Å². The highest BCUT2D eigenvalue weighted by Crippen LogP contribution is 2.30. The van der Waals surface area contributed by atoms with E-state index in [-0.39, 0.29) is 29.8 Å². The molecule has 0 radical (unpaired) electrons. The van der Waals surface area contributed by atoms with Crippen LogP contribution >= 0.6 is 0 Å². The second-order valence-corrected chi connectivity index (χ2v) is 6.53. The standard InChI is InChI=1S/C18H22N4O3/c1-11-8-9-12-6-4-5-7-13(12)22(11)10-14(23)15-16(19)20(2)18(25)21(3)17(15)24/h4-7,11H,8-10,19H2,1-3H3/t11-/m0/s1. The lowest BCUT2D eigenvalue weighted by Crippen LogP contribution is -2.45. The highest BCUT2D eigenvalue weighted by atomic mass is 16.2. The first-order valence-electron chi connectivity index (χ1n) is 8.26. The molecule has 1 aliphatic rings. The largest absolute Gasteiger partial charge is 0.384 e. The molecule has 1 aromatic heterocycles. The maximum Gasteiger partial charge on any atom is 0.332 e. The van der Waals surface area contributed by atoms with Gasteiger partial charge < -0.3 is 10.6 Å². The molecule has 3 rings (SSSR count). The molecule has 1 aromatic carbocycles. The Morgan fingerprint density at radius 3 is 2.60 bits per heavy atom. The second kappa shape index (κ2) is 6.23. The summed E-state index contributed by atoms with van der Waals surface area (Å²) in [6.07, 6.45) is 1.90. The summed E-state index contributed by atoms with van der Waals surface area (Å²) in [6, 6.07) is 8.14. The second-order valence-electron chi connectivity index (χ2n) is 6.53. The van der Waals surface area contributed by atoms with Crippen molar-refractivity contribution < 1.29 is 4.79 Å². The quantitative estimate of drug-likeness (QED) is 0.829. The zero-order chi connectivity index (χ0) is 18.3. The molecule has 1 atom stereocenters. The Balaban J connectivity index is 2.02. The van der Waals surface area contributed by atoms with Gasteiger partial charge in [-0.25, -0.2) is 4.79 Å². The summed E-state index contributed by atoms with van der Waals surface area (Å²) in [7, 11) is 2.80. The van der Waals surface area contributed by atoms with E-state index in [0.29, 0.717) is 0 Å². The molecular weight excluding hydrogens is 320 g/mol. The van der Waals surface area contributed by atoms with E-state index in [2.05, 4.69) is 13.0 Å². The number of nitrogen functional groups attached to an aromatic ring is 1. The fraction of sp³-hybridized carbons (Fsp3) is 0.389. The number of Topliss-reactive ketones (excluding diaryl/α,β-unsaturated/α-hetero) is 1. The molecule has 2 heterocycles. The van der Waals surface area contributed by atoms with E-state index in [1.807, 2.05) is 23.1 Å². The van der Waals surface area contributed by atoms with Gasteiger partial charge in [-0.1, -0.05) is 18.2 Å².